The van der Waals surface area contributed by atoms with Crippen molar-refractivity contribution in [2.45, 2.75) is 4.90 Å². The van der Waals surface area contributed by atoms with E-state index >= 15 is 0 Å². The first kappa shape index (κ1) is 15.0. The summed E-state index contributed by atoms with van der Waals surface area (Å²) in [5, 5.41) is 0.354. The van der Waals surface area contributed by atoms with Crippen LogP contribution >= 0.6 is 23.2 Å². The molecule has 0 amide bonds. The zero-order chi connectivity index (χ0) is 14.9. The first-order chi connectivity index (χ1) is 9.29. The van der Waals surface area contributed by atoms with E-state index < -0.39 is 26.6 Å². The summed E-state index contributed by atoms with van der Waals surface area (Å²) in [5.74, 6) is -2.07. The summed E-state index contributed by atoms with van der Waals surface area (Å²) < 4.78 is 52.4. The zero-order valence-electron chi connectivity index (χ0n) is 9.70. The number of hydrogen-bond acceptors (Lipinski definition) is 2. The van der Waals surface area contributed by atoms with E-state index in [9.17, 15) is 17.2 Å². The van der Waals surface area contributed by atoms with Gasteiger partial charge in [0, 0.05) is 11.1 Å². The SMILES string of the molecule is O=S(=O)(Nc1cc(Cl)ccc1Cl)c1ccc(F)cc1F. The highest BCUT2D eigenvalue weighted by atomic mass is 35.5. The summed E-state index contributed by atoms with van der Waals surface area (Å²) in [6.45, 7) is 0. The average Bonchev–Trinajstić information content (AvgIpc) is 2.33. The maximum atomic E-state index is 13.5. The van der Waals surface area contributed by atoms with Gasteiger partial charge in [-0.2, -0.15) is 0 Å². The lowest BCUT2D eigenvalue weighted by Crippen LogP contribution is -2.15. The van der Waals surface area contributed by atoms with Crippen molar-refractivity contribution in [2.75, 3.05) is 4.72 Å². The van der Waals surface area contributed by atoms with Gasteiger partial charge in [0.15, 0.2) is 0 Å². The van der Waals surface area contributed by atoms with E-state index in [4.69, 9.17) is 23.2 Å². The van der Waals surface area contributed by atoms with Crippen LogP contribution in [-0.4, -0.2) is 8.42 Å². The molecular formula is C12H7Cl2F2NO2S. The Morgan fingerprint density at radius 1 is 1.00 bits per heavy atom. The van der Waals surface area contributed by atoms with Gasteiger partial charge in [-0.3, -0.25) is 4.72 Å². The molecule has 0 bridgehead atoms. The minimum absolute atomic E-state index is 0.00268. The van der Waals surface area contributed by atoms with Gasteiger partial charge in [-0.15, -0.1) is 0 Å². The molecule has 0 spiro atoms. The lowest BCUT2D eigenvalue weighted by molar-refractivity contribution is 0.551. The van der Waals surface area contributed by atoms with Crippen molar-refractivity contribution in [1.82, 2.24) is 0 Å². The summed E-state index contributed by atoms with van der Waals surface area (Å²) in [6, 6.07) is 6.29. The molecule has 0 aliphatic heterocycles. The van der Waals surface area contributed by atoms with Gasteiger partial charge in [-0.05, 0) is 30.3 Å². The van der Waals surface area contributed by atoms with Gasteiger partial charge >= 0.3 is 0 Å². The lowest BCUT2D eigenvalue weighted by atomic mass is 10.3. The largest absolute Gasteiger partial charge is 0.278 e. The van der Waals surface area contributed by atoms with Crippen molar-refractivity contribution in [3.8, 4) is 0 Å². The molecule has 106 valence electrons. The molecule has 0 aromatic heterocycles. The number of rotatable bonds is 3. The summed E-state index contributed by atoms with van der Waals surface area (Å²) in [5.41, 5.74) is 0.00268. The number of nitrogens with one attached hydrogen (secondary N) is 1. The smallest absolute Gasteiger partial charge is 0.264 e. The van der Waals surface area contributed by atoms with Crippen molar-refractivity contribution in [3.05, 3.63) is 58.1 Å². The van der Waals surface area contributed by atoms with Crippen LogP contribution in [0.1, 0.15) is 0 Å². The summed E-state index contributed by atoms with van der Waals surface area (Å²) >= 11 is 11.5. The molecule has 8 heteroatoms. The third kappa shape index (κ3) is 3.20. The molecular weight excluding hydrogens is 331 g/mol. The highest BCUT2D eigenvalue weighted by Crippen LogP contribution is 2.28. The molecule has 0 fully saturated rings. The second-order valence-corrected chi connectivity index (χ2v) is 6.30. The van der Waals surface area contributed by atoms with E-state index in [1.807, 2.05) is 0 Å². The monoisotopic (exact) mass is 337 g/mol. The minimum atomic E-state index is -4.23. The van der Waals surface area contributed by atoms with Gasteiger partial charge in [-0.25, -0.2) is 17.2 Å². The third-order valence-corrected chi connectivity index (χ3v) is 4.32. The van der Waals surface area contributed by atoms with E-state index in [1.165, 1.54) is 18.2 Å². The molecule has 2 rings (SSSR count). The Bertz CT molecular complexity index is 766. The molecule has 0 atom stereocenters. The molecule has 0 saturated heterocycles. The van der Waals surface area contributed by atoms with Crippen LogP contribution in [0.15, 0.2) is 41.3 Å². The Morgan fingerprint density at radius 2 is 1.70 bits per heavy atom. The van der Waals surface area contributed by atoms with E-state index in [2.05, 4.69) is 4.72 Å². The Labute approximate surface area is 124 Å². The Kier molecular flexibility index (Phi) is 4.17. The molecule has 2 aromatic carbocycles. The first-order valence-electron chi connectivity index (χ1n) is 5.22. The molecule has 0 saturated carbocycles. The number of halogens is 4. The zero-order valence-corrected chi connectivity index (χ0v) is 12.0. The fourth-order valence-electron chi connectivity index (χ4n) is 1.47. The van der Waals surface area contributed by atoms with Crippen molar-refractivity contribution in [2.24, 2.45) is 0 Å². The predicted molar refractivity (Wildman–Crippen MR) is 73.6 cm³/mol. The molecule has 0 aliphatic rings. The third-order valence-electron chi connectivity index (χ3n) is 2.36. The molecule has 2 aromatic rings. The van der Waals surface area contributed by atoms with Crippen molar-refractivity contribution in [3.63, 3.8) is 0 Å². The van der Waals surface area contributed by atoms with Crippen LogP contribution in [-0.2, 0) is 10.0 Å². The van der Waals surface area contributed by atoms with Gasteiger partial charge < -0.3 is 0 Å². The molecule has 0 unspecified atom stereocenters. The Morgan fingerprint density at radius 3 is 2.35 bits per heavy atom. The standard InChI is InChI=1S/C12H7Cl2F2NO2S/c13-7-1-3-9(14)11(5-7)17-20(18,19)12-4-2-8(15)6-10(12)16/h1-6,17H. The lowest BCUT2D eigenvalue weighted by Gasteiger charge is -2.10. The van der Waals surface area contributed by atoms with Crippen molar-refractivity contribution < 1.29 is 17.2 Å². The number of benzene rings is 2. The molecule has 0 heterocycles. The Balaban J connectivity index is 2.43. The van der Waals surface area contributed by atoms with E-state index in [0.717, 1.165) is 12.1 Å². The second-order valence-electron chi connectivity index (χ2n) is 3.80. The maximum absolute atomic E-state index is 13.5. The van der Waals surface area contributed by atoms with Crippen LogP contribution in [0.3, 0.4) is 0 Å². The van der Waals surface area contributed by atoms with Crippen LogP contribution in [0, 0.1) is 11.6 Å². The quantitative estimate of drug-likeness (QED) is 0.917. The summed E-state index contributed by atoms with van der Waals surface area (Å²) in [6.07, 6.45) is 0. The topological polar surface area (TPSA) is 46.2 Å². The normalized spacial score (nSPS) is 11.4. The minimum Gasteiger partial charge on any atom is -0.278 e. The number of sulfonamides is 1. The van der Waals surface area contributed by atoms with Crippen LogP contribution in [0.5, 0.6) is 0 Å². The fourth-order valence-corrected chi connectivity index (χ4v) is 2.99. The van der Waals surface area contributed by atoms with E-state index in [0.29, 0.717) is 6.07 Å². The van der Waals surface area contributed by atoms with Gasteiger partial charge in [0.2, 0.25) is 0 Å². The van der Waals surface area contributed by atoms with Crippen LogP contribution in [0.2, 0.25) is 10.0 Å². The highest BCUT2D eigenvalue weighted by molar-refractivity contribution is 7.92. The van der Waals surface area contributed by atoms with Crippen LogP contribution < -0.4 is 4.72 Å². The van der Waals surface area contributed by atoms with Crippen LogP contribution in [0.4, 0.5) is 14.5 Å². The second kappa shape index (κ2) is 5.55. The average molecular weight is 338 g/mol. The summed E-state index contributed by atoms with van der Waals surface area (Å²) in [7, 11) is -4.23. The molecule has 20 heavy (non-hydrogen) atoms. The molecule has 1 N–H and O–H groups in total. The number of hydrogen-bond donors (Lipinski definition) is 1. The predicted octanol–water partition coefficient (Wildman–Crippen LogP) is 4.07. The van der Waals surface area contributed by atoms with Gasteiger partial charge in [-0.1, -0.05) is 23.2 Å². The van der Waals surface area contributed by atoms with E-state index in [1.54, 1.807) is 0 Å². The van der Waals surface area contributed by atoms with Gasteiger partial charge in [0.05, 0.1) is 10.7 Å². The van der Waals surface area contributed by atoms with Crippen molar-refractivity contribution in [1.29, 1.82) is 0 Å². The molecule has 0 aliphatic carbocycles. The van der Waals surface area contributed by atoms with Crippen LogP contribution in [0.25, 0.3) is 0 Å². The van der Waals surface area contributed by atoms with E-state index in [-0.39, 0.29) is 15.7 Å². The van der Waals surface area contributed by atoms with Gasteiger partial charge in [0.1, 0.15) is 16.5 Å². The highest BCUT2D eigenvalue weighted by Gasteiger charge is 2.20. The Hall–Kier alpha value is -1.37. The molecule has 0 radical (unpaired) electrons. The maximum Gasteiger partial charge on any atom is 0.264 e. The fraction of sp³-hybridized carbons (Fsp3) is 0. The number of anilines is 1. The first-order valence-corrected chi connectivity index (χ1v) is 7.46. The van der Waals surface area contributed by atoms with Crippen molar-refractivity contribution >= 4 is 38.9 Å². The van der Waals surface area contributed by atoms with Gasteiger partial charge in [0.25, 0.3) is 10.0 Å². The molecule has 3 nitrogen and oxygen atoms in total. The summed E-state index contributed by atoms with van der Waals surface area (Å²) in [4.78, 5) is -0.685.